The Morgan fingerprint density at radius 1 is 0.938 bits per heavy atom. The molecule has 0 atom stereocenters. The zero-order valence-electron chi connectivity index (χ0n) is 11.3. The van der Waals surface area contributed by atoms with Crippen LogP contribution in [0.3, 0.4) is 0 Å². The van der Waals surface area contributed by atoms with Gasteiger partial charge in [-0.2, -0.15) is 0 Å². The van der Waals surface area contributed by atoms with E-state index < -0.39 is 0 Å². The number of hydrogen-bond donors (Lipinski definition) is 0. The van der Waals surface area contributed by atoms with Crippen LogP contribution in [0, 0.1) is 16.7 Å². The Kier molecular flexibility index (Phi) is 2.41. The molecule has 0 aromatic carbocycles. The van der Waals surface area contributed by atoms with Crippen LogP contribution in [0.15, 0.2) is 0 Å². The van der Waals surface area contributed by atoms with Crippen molar-refractivity contribution in [3.63, 3.8) is 0 Å². The third kappa shape index (κ3) is 1.92. The third-order valence-electron chi connectivity index (χ3n) is 5.41. The molecule has 2 aliphatic carbocycles. The second kappa shape index (κ2) is 3.48. The lowest BCUT2D eigenvalue weighted by Gasteiger charge is -2.55. The first kappa shape index (κ1) is 11.1. The van der Waals surface area contributed by atoms with Gasteiger partial charge in [-0.25, -0.2) is 0 Å². The van der Waals surface area contributed by atoms with Crippen LogP contribution in [0.4, 0.5) is 0 Å². The van der Waals surface area contributed by atoms with Crippen LogP contribution in [0.1, 0.15) is 59.3 Å². The van der Waals surface area contributed by atoms with E-state index in [-0.39, 0.29) is 0 Å². The highest BCUT2D eigenvalue weighted by Gasteiger charge is 2.49. The molecule has 0 unspecified atom stereocenters. The lowest BCUT2D eigenvalue weighted by atomic mass is 9.61. The van der Waals surface area contributed by atoms with Crippen LogP contribution in [0.5, 0.6) is 0 Å². The summed E-state index contributed by atoms with van der Waals surface area (Å²) in [5, 5.41) is 0. The summed E-state index contributed by atoms with van der Waals surface area (Å²) >= 11 is 0. The van der Waals surface area contributed by atoms with Gasteiger partial charge in [0.15, 0.2) is 0 Å². The van der Waals surface area contributed by atoms with Crippen LogP contribution in [-0.2, 0) is 0 Å². The maximum absolute atomic E-state index is 2.75. The molecule has 0 aromatic heterocycles. The molecule has 0 radical (unpaired) electrons. The van der Waals surface area contributed by atoms with Crippen LogP contribution in [0.2, 0.25) is 0 Å². The van der Waals surface area contributed by atoms with Gasteiger partial charge >= 0.3 is 0 Å². The van der Waals surface area contributed by atoms with Crippen molar-refractivity contribution in [2.75, 3.05) is 13.1 Å². The fraction of sp³-hybridized carbons (Fsp3) is 1.00. The number of likely N-dealkylation sites (tertiary alicyclic amines) is 1. The van der Waals surface area contributed by atoms with Crippen molar-refractivity contribution in [1.82, 2.24) is 4.90 Å². The maximum atomic E-state index is 2.75. The molecule has 16 heavy (non-hydrogen) atoms. The summed E-state index contributed by atoms with van der Waals surface area (Å²) in [6.07, 6.45) is 8.97. The molecular weight excluding hydrogens is 194 g/mol. The Labute approximate surface area is 101 Å². The van der Waals surface area contributed by atoms with E-state index in [9.17, 15) is 0 Å². The van der Waals surface area contributed by atoms with Gasteiger partial charge in [0.05, 0.1) is 0 Å². The standard InChI is InChI=1S/C15H27N/c1-14(2,3)12-6-8-15(9-7-12)10-16(11-15)13-4-5-13/h12-13H,4-11H2,1-3H3. The lowest BCUT2D eigenvalue weighted by Crippen LogP contribution is -2.58. The first-order chi connectivity index (χ1) is 7.49. The van der Waals surface area contributed by atoms with Crippen LogP contribution < -0.4 is 0 Å². The number of nitrogens with zero attached hydrogens (tertiary/aromatic N) is 1. The van der Waals surface area contributed by atoms with E-state index in [0.29, 0.717) is 5.41 Å². The smallest absolute Gasteiger partial charge is 0.00969 e. The molecule has 2 saturated carbocycles. The summed E-state index contributed by atoms with van der Waals surface area (Å²) in [7, 11) is 0. The minimum absolute atomic E-state index is 0.543. The molecule has 0 aromatic rings. The topological polar surface area (TPSA) is 3.24 Å². The normalized spacial score (nSPS) is 31.7. The highest BCUT2D eigenvalue weighted by Crippen LogP contribution is 2.51. The first-order valence-corrected chi connectivity index (χ1v) is 7.23. The van der Waals surface area contributed by atoms with E-state index in [1.165, 1.54) is 51.6 Å². The molecule has 3 fully saturated rings. The fourth-order valence-electron chi connectivity index (χ4n) is 3.93. The van der Waals surface area contributed by atoms with E-state index in [4.69, 9.17) is 0 Å². The minimum Gasteiger partial charge on any atom is -0.299 e. The summed E-state index contributed by atoms with van der Waals surface area (Å²) in [5.74, 6) is 0.980. The van der Waals surface area contributed by atoms with Gasteiger partial charge in [-0.3, -0.25) is 4.90 Å². The average molecular weight is 221 g/mol. The Morgan fingerprint density at radius 2 is 1.50 bits per heavy atom. The molecular formula is C15H27N. The third-order valence-corrected chi connectivity index (χ3v) is 5.41. The SMILES string of the molecule is CC(C)(C)C1CCC2(CC1)CN(C1CC1)C2. The van der Waals surface area contributed by atoms with Crippen molar-refractivity contribution >= 4 is 0 Å². The highest BCUT2D eigenvalue weighted by atomic mass is 15.3. The van der Waals surface area contributed by atoms with Gasteiger partial charge in [-0.1, -0.05) is 20.8 Å². The van der Waals surface area contributed by atoms with Gasteiger partial charge in [-0.15, -0.1) is 0 Å². The predicted octanol–water partition coefficient (Wildman–Crippen LogP) is 3.69. The Hall–Kier alpha value is -0.0400. The fourth-order valence-corrected chi connectivity index (χ4v) is 3.93. The van der Waals surface area contributed by atoms with Crippen molar-refractivity contribution in [3.05, 3.63) is 0 Å². The predicted molar refractivity (Wildman–Crippen MR) is 68.4 cm³/mol. The minimum atomic E-state index is 0.543. The zero-order chi connectivity index (χ0) is 11.4. The maximum Gasteiger partial charge on any atom is 0.00969 e. The van der Waals surface area contributed by atoms with E-state index >= 15 is 0 Å². The molecule has 1 spiro atoms. The van der Waals surface area contributed by atoms with E-state index in [1.807, 2.05) is 0 Å². The largest absolute Gasteiger partial charge is 0.299 e. The van der Waals surface area contributed by atoms with Crippen molar-refractivity contribution in [3.8, 4) is 0 Å². The van der Waals surface area contributed by atoms with Gasteiger partial charge in [0.2, 0.25) is 0 Å². The summed E-state index contributed by atoms with van der Waals surface area (Å²) in [6, 6.07) is 1.01. The van der Waals surface area contributed by atoms with Crippen LogP contribution >= 0.6 is 0 Å². The quantitative estimate of drug-likeness (QED) is 0.653. The van der Waals surface area contributed by atoms with E-state index in [1.54, 1.807) is 0 Å². The highest BCUT2D eigenvalue weighted by molar-refractivity contribution is 5.03. The second-order valence-electron chi connectivity index (χ2n) is 7.78. The van der Waals surface area contributed by atoms with Crippen LogP contribution in [-0.4, -0.2) is 24.0 Å². The molecule has 3 aliphatic rings. The molecule has 92 valence electrons. The summed E-state index contributed by atoms with van der Waals surface area (Å²) in [5.41, 5.74) is 1.31. The average Bonchev–Trinajstić information content (AvgIpc) is 2.96. The summed E-state index contributed by atoms with van der Waals surface area (Å²) < 4.78 is 0. The molecule has 0 amide bonds. The lowest BCUT2D eigenvalue weighted by molar-refractivity contribution is -0.0539. The Balaban J connectivity index is 1.51. The molecule has 1 aliphatic heterocycles. The van der Waals surface area contributed by atoms with E-state index in [2.05, 4.69) is 25.7 Å². The zero-order valence-corrected chi connectivity index (χ0v) is 11.3. The molecule has 3 rings (SSSR count). The molecule has 1 nitrogen and oxygen atoms in total. The van der Waals surface area contributed by atoms with Gasteiger partial charge in [0.1, 0.15) is 0 Å². The second-order valence-corrected chi connectivity index (χ2v) is 7.78. The Morgan fingerprint density at radius 3 is 1.94 bits per heavy atom. The molecule has 0 N–H and O–H groups in total. The van der Waals surface area contributed by atoms with Crippen LogP contribution in [0.25, 0.3) is 0 Å². The van der Waals surface area contributed by atoms with Crippen molar-refractivity contribution in [1.29, 1.82) is 0 Å². The number of hydrogen-bond acceptors (Lipinski definition) is 1. The van der Waals surface area contributed by atoms with Crippen molar-refractivity contribution in [2.24, 2.45) is 16.7 Å². The van der Waals surface area contributed by atoms with Gasteiger partial charge in [0.25, 0.3) is 0 Å². The number of rotatable bonds is 1. The monoisotopic (exact) mass is 221 g/mol. The van der Waals surface area contributed by atoms with Crippen molar-refractivity contribution < 1.29 is 0 Å². The Bertz CT molecular complexity index is 256. The van der Waals surface area contributed by atoms with Crippen molar-refractivity contribution in [2.45, 2.75) is 65.3 Å². The van der Waals surface area contributed by atoms with Gasteiger partial charge in [-0.05, 0) is 55.3 Å². The first-order valence-electron chi connectivity index (χ1n) is 7.23. The summed E-state index contributed by atoms with van der Waals surface area (Å²) in [4.78, 5) is 2.75. The van der Waals surface area contributed by atoms with Gasteiger partial charge in [0, 0.05) is 19.1 Å². The van der Waals surface area contributed by atoms with Gasteiger partial charge < -0.3 is 0 Å². The van der Waals surface area contributed by atoms with E-state index in [0.717, 1.165) is 17.4 Å². The molecule has 0 bridgehead atoms. The molecule has 1 heterocycles. The molecule has 1 heteroatoms. The summed E-state index contributed by atoms with van der Waals surface area (Å²) in [6.45, 7) is 10.1. The molecule has 1 saturated heterocycles.